The Morgan fingerprint density at radius 1 is 0.964 bits per heavy atom. The Bertz CT molecular complexity index is 798. The molecule has 1 aliphatic carbocycles. The number of amides is 1. The van der Waals surface area contributed by atoms with Crippen molar-refractivity contribution in [1.82, 2.24) is 9.80 Å². The number of hydrogen-bond donors (Lipinski definition) is 0. The van der Waals surface area contributed by atoms with E-state index in [-0.39, 0.29) is 5.91 Å². The van der Waals surface area contributed by atoms with Crippen LogP contribution in [0.25, 0.3) is 0 Å². The lowest BCUT2D eigenvalue weighted by molar-refractivity contribution is -0.139. The number of carbonyl (C=O) groups excluding carboxylic acids is 1. The molecule has 1 atom stereocenters. The van der Waals surface area contributed by atoms with Crippen LogP contribution >= 0.6 is 0 Å². The monoisotopic (exact) mass is 378 g/mol. The third-order valence-electron chi connectivity index (χ3n) is 5.94. The van der Waals surface area contributed by atoms with Crippen molar-refractivity contribution in [2.45, 2.75) is 45.3 Å². The van der Waals surface area contributed by atoms with Gasteiger partial charge in [-0.15, -0.1) is 0 Å². The summed E-state index contributed by atoms with van der Waals surface area (Å²) >= 11 is 0. The summed E-state index contributed by atoms with van der Waals surface area (Å²) in [4.78, 5) is 17.3. The highest BCUT2D eigenvalue weighted by Crippen LogP contribution is 2.30. The van der Waals surface area contributed by atoms with Gasteiger partial charge in [0.2, 0.25) is 0 Å². The van der Waals surface area contributed by atoms with E-state index in [0.29, 0.717) is 0 Å². The molecule has 4 rings (SSSR count). The van der Waals surface area contributed by atoms with Crippen LogP contribution in [0.5, 0.6) is 5.75 Å². The SMILES string of the molecule is C[C@H](Oc1cccc2c1CCCC2)C(=O)N1CCN(Cc2ccccc2)CC1. The van der Waals surface area contributed by atoms with Gasteiger partial charge in [0.25, 0.3) is 5.91 Å². The molecule has 28 heavy (non-hydrogen) atoms. The molecule has 2 aromatic rings. The molecule has 4 nitrogen and oxygen atoms in total. The second-order valence-electron chi connectivity index (χ2n) is 7.95. The first-order valence-corrected chi connectivity index (χ1v) is 10.5. The second kappa shape index (κ2) is 8.78. The highest BCUT2D eigenvalue weighted by Gasteiger charge is 2.27. The first kappa shape index (κ1) is 19.0. The Kier molecular flexibility index (Phi) is 5.96. The predicted molar refractivity (Wildman–Crippen MR) is 111 cm³/mol. The van der Waals surface area contributed by atoms with Gasteiger partial charge in [0.15, 0.2) is 6.10 Å². The van der Waals surface area contributed by atoms with Gasteiger partial charge >= 0.3 is 0 Å². The number of carbonyl (C=O) groups is 1. The Morgan fingerprint density at radius 3 is 2.50 bits per heavy atom. The maximum absolute atomic E-state index is 12.9. The zero-order valence-electron chi connectivity index (χ0n) is 16.8. The van der Waals surface area contributed by atoms with Crippen LogP contribution in [0.15, 0.2) is 48.5 Å². The number of ether oxygens (including phenoxy) is 1. The van der Waals surface area contributed by atoms with E-state index in [1.165, 1.54) is 29.5 Å². The van der Waals surface area contributed by atoms with E-state index in [1.807, 2.05) is 24.0 Å². The van der Waals surface area contributed by atoms with E-state index < -0.39 is 6.10 Å². The summed E-state index contributed by atoms with van der Waals surface area (Å²) in [5.41, 5.74) is 4.02. The van der Waals surface area contributed by atoms with Crippen LogP contribution in [0.2, 0.25) is 0 Å². The minimum atomic E-state index is -0.436. The lowest BCUT2D eigenvalue weighted by Crippen LogP contribution is -2.51. The predicted octanol–water partition coefficient (Wildman–Crippen LogP) is 3.68. The highest BCUT2D eigenvalue weighted by molar-refractivity contribution is 5.81. The molecule has 1 saturated heterocycles. The van der Waals surface area contributed by atoms with Crippen LogP contribution in [-0.4, -0.2) is 48.0 Å². The standard InChI is InChI=1S/C24H30N2O2/c1-19(28-23-13-7-11-21-10-5-6-12-22(21)23)24(27)26-16-14-25(15-17-26)18-20-8-3-2-4-9-20/h2-4,7-9,11,13,19H,5-6,10,12,14-18H2,1H3/t19-/m0/s1. The smallest absolute Gasteiger partial charge is 0.263 e. The van der Waals surface area contributed by atoms with Crippen LogP contribution in [-0.2, 0) is 24.2 Å². The molecule has 148 valence electrons. The molecule has 1 aliphatic heterocycles. The van der Waals surface area contributed by atoms with Gasteiger partial charge in [-0.2, -0.15) is 0 Å². The van der Waals surface area contributed by atoms with Gasteiger partial charge < -0.3 is 9.64 Å². The summed E-state index contributed by atoms with van der Waals surface area (Å²) in [6.45, 7) is 6.20. The summed E-state index contributed by atoms with van der Waals surface area (Å²) in [6.07, 6.45) is 4.20. The van der Waals surface area contributed by atoms with Crippen molar-refractivity contribution >= 4 is 5.91 Å². The number of fused-ring (bicyclic) bond motifs is 1. The van der Waals surface area contributed by atoms with Crippen LogP contribution in [0.4, 0.5) is 0 Å². The molecule has 1 fully saturated rings. The molecule has 1 heterocycles. The average Bonchev–Trinajstić information content (AvgIpc) is 2.75. The number of piperazine rings is 1. The first-order chi connectivity index (χ1) is 13.7. The topological polar surface area (TPSA) is 32.8 Å². The number of hydrogen-bond acceptors (Lipinski definition) is 3. The number of rotatable bonds is 5. The molecule has 0 aromatic heterocycles. The molecule has 0 spiro atoms. The van der Waals surface area contributed by atoms with Crippen LogP contribution in [0, 0.1) is 0 Å². The van der Waals surface area contributed by atoms with E-state index >= 15 is 0 Å². The highest BCUT2D eigenvalue weighted by atomic mass is 16.5. The Labute approximate surface area is 168 Å². The van der Waals surface area contributed by atoms with Gasteiger partial charge in [0, 0.05) is 32.7 Å². The van der Waals surface area contributed by atoms with Gasteiger partial charge in [-0.1, -0.05) is 42.5 Å². The zero-order chi connectivity index (χ0) is 19.3. The van der Waals surface area contributed by atoms with Gasteiger partial charge in [0.05, 0.1) is 0 Å². The third kappa shape index (κ3) is 4.39. The molecular formula is C24H30N2O2. The molecule has 4 heteroatoms. The fourth-order valence-electron chi connectivity index (χ4n) is 4.32. The minimum absolute atomic E-state index is 0.104. The maximum Gasteiger partial charge on any atom is 0.263 e. The van der Waals surface area contributed by atoms with Crippen LogP contribution in [0.3, 0.4) is 0 Å². The van der Waals surface area contributed by atoms with E-state index in [2.05, 4.69) is 41.3 Å². The molecule has 0 bridgehead atoms. The Morgan fingerprint density at radius 2 is 1.71 bits per heavy atom. The lowest BCUT2D eigenvalue weighted by Gasteiger charge is -2.36. The van der Waals surface area contributed by atoms with Crippen LogP contribution in [0.1, 0.15) is 36.5 Å². The largest absolute Gasteiger partial charge is 0.481 e. The van der Waals surface area contributed by atoms with Crippen molar-refractivity contribution in [3.63, 3.8) is 0 Å². The molecule has 0 unspecified atom stereocenters. The molecule has 0 saturated carbocycles. The van der Waals surface area contributed by atoms with Crippen molar-refractivity contribution in [1.29, 1.82) is 0 Å². The van der Waals surface area contributed by atoms with Gasteiger partial charge in [-0.25, -0.2) is 0 Å². The molecule has 2 aliphatic rings. The fourth-order valence-corrected chi connectivity index (χ4v) is 4.32. The van der Waals surface area contributed by atoms with Gasteiger partial charge in [-0.05, 0) is 55.4 Å². The van der Waals surface area contributed by atoms with Crippen LogP contribution < -0.4 is 4.74 Å². The van der Waals surface area contributed by atoms with Gasteiger partial charge in [0.1, 0.15) is 5.75 Å². The molecule has 0 N–H and O–H groups in total. The van der Waals surface area contributed by atoms with E-state index in [4.69, 9.17) is 4.74 Å². The van der Waals surface area contributed by atoms with Crippen molar-refractivity contribution in [2.24, 2.45) is 0 Å². The second-order valence-corrected chi connectivity index (χ2v) is 7.95. The first-order valence-electron chi connectivity index (χ1n) is 10.5. The molecule has 0 radical (unpaired) electrons. The number of benzene rings is 2. The third-order valence-corrected chi connectivity index (χ3v) is 5.94. The van der Waals surface area contributed by atoms with Crippen molar-refractivity contribution in [2.75, 3.05) is 26.2 Å². The maximum atomic E-state index is 12.9. The van der Waals surface area contributed by atoms with E-state index in [9.17, 15) is 4.79 Å². The summed E-state index contributed by atoms with van der Waals surface area (Å²) < 4.78 is 6.15. The van der Waals surface area contributed by atoms with E-state index in [0.717, 1.165) is 51.3 Å². The number of nitrogens with zero attached hydrogens (tertiary/aromatic N) is 2. The Hall–Kier alpha value is -2.33. The summed E-state index contributed by atoms with van der Waals surface area (Å²) in [6, 6.07) is 16.8. The summed E-state index contributed by atoms with van der Waals surface area (Å²) in [7, 11) is 0. The normalized spacial score (nSPS) is 18.4. The van der Waals surface area contributed by atoms with E-state index in [1.54, 1.807) is 0 Å². The fraction of sp³-hybridized carbons (Fsp3) is 0.458. The summed E-state index contributed by atoms with van der Waals surface area (Å²) in [5, 5.41) is 0. The quantitative estimate of drug-likeness (QED) is 0.796. The van der Waals surface area contributed by atoms with Crippen molar-refractivity contribution < 1.29 is 9.53 Å². The molecule has 2 aromatic carbocycles. The molecule has 1 amide bonds. The average molecular weight is 379 g/mol. The number of aryl methyl sites for hydroxylation is 1. The lowest BCUT2D eigenvalue weighted by atomic mass is 9.91. The Balaban J connectivity index is 1.31. The van der Waals surface area contributed by atoms with Crippen molar-refractivity contribution in [3.8, 4) is 5.75 Å². The molecular weight excluding hydrogens is 348 g/mol. The van der Waals surface area contributed by atoms with Crippen molar-refractivity contribution in [3.05, 3.63) is 65.2 Å². The van der Waals surface area contributed by atoms with Gasteiger partial charge in [-0.3, -0.25) is 9.69 Å². The zero-order valence-corrected chi connectivity index (χ0v) is 16.8. The minimum Gasteiger partial charge on any atom is -0.481 e. The summed E-state index contributed by atoms with van der Waals surface area (Å²) in [5.74, 6) is 1.01.